The summed E-state index contributed by atoms with van der Waals surface area (Å²) in [6.45, 7) is 0. The standard InChI is InChI=1S/C21H12ClNO/c22-16-10-8-13-6-7-14-9-11-17-20(15-4-2-1-3-5-15)23-24-21(17)19(14)18(13)12-16/h1-12H. The van der Waals surface area contributed by atoms with Gasteiger partial charge in [0.05, 0.1) is 5.39 Å². The number of aromatic nitrogens is 1. The van der Waals surface area contributed by atoms with E-state index >= 15 is 0 Å². The Balaban J connectivity index is 1.94. The molecule has 0 aliphatic rings. The van der Waals surface area contributed by atoms with Crippen LogP contribution in [-0.4, -0.2) is 5.16 Å². The Hall–Kier alpha value is -2.84. The lowest BCUT2D eigenvalue weighted by molar-refractivity contribution is 0.462. The van der Waals surface area contributed by atoms with Crippen molar-refractivity contribution in [2.75, 3.05) is 0 Å². The van der Waals surface area contributed by atoms with Gasteiger partial charge >= 0.3 is 0 Å². The first kappa shape index (κ1) is 13.6. The van der Waals surface area contributed by atoms with Gasteiger partial charge < -0.3 is 4.52 Å². The van der Waals surface area contributed by atoms with Crippen LogP contribution >= 0.6 is 11.6 Å². The fourth-order valence-electron chi connectivity index (χ4n) is 3.31. The zero-order valence-electron chi connectivity index (χ0n) is 12.7. The molecule has 0 bridgehead atoms. The van der Waals surface area contributed by atoms with Crippen LogP contribution in [0, 0.1) is 0 Å². The van der Waals surface area contributed by atoms with Crippen molar-refractivity contribution in [3.05, 3.63) is 77.8 Å². The zero-order chi connectivity index (χ0) is 16.1. The topological polar surface area (TPSA) is 26.0 Å². The lowest BCUT2D eigenvalue weighted by Gasteiger charge is -2.05. The first-order valence-corrected chi connectivity index (χ1v) is 8.15. The maximum Gasteiger partial charge on any atom is 0.175 e. The molecule has 0 saturated heterocycles. The predicted octanol–water partition coefficient (Wildman–Crippen LogP) is 6.45. The van der Waals surface area contributed by atoms with E-state index in [1.807, 2.05) is 48.5 Å². The summed E-state index contributed by atoms with van der Waals surface area (Å²) < 4.78 is 5.77. The van der Waals surface area contributed by atoms with E-state index in [9.17, 15) is 0 Å². The quantitative estimate of drug-likeness (QED) is 0.330. The summed E-state index contributed by atoms with van der Waals surface area (Å²) in [6.07, 6.45) is 0. The molecular formula is C21H12ClNO. The molecule has 4 aromatic carbocycles. The van der Waals surface area contributed by atoms with Crippen molar-refractivity contribution in [2.24, 2.45) is 0 Å². The SMILES string of the molecule is Clc1ccc2ccc3ccc4c(-c5ccccc5)noc4c3c2c1. The van der Waals surface area contributed by atoms with Crippen molar-refractivity contribution in [3.63, 3.8) is 0 Å². The highest BCUT2D eigenvalue weighted by Gasteiger charge is 2.14. The van der Waals surface area contributed by atoms with E-state index in [4.69, 9.17) is 16.1 Å². The second kappa shape index (κ2) is 5.08. The molecule has 0 aliphatic heterocycles. The Labute approximate surface area is 143 Å². The molecule has 5 aromatic rings. The Morgan fingerprint density at radius 1 is 0.750 bits per heavy atom. The van der Waals surface area contributed by atoms with Gasteiger partial charge in [-0.05, 0) is 34.4 Å². The number of nitrogens with zero attached hydrogens (tertiary/aromatic N) is 1. The van der Waals surface area contributed by atoms with E-state index in [0.29, 0.717) is 0 Å². The Morgan fingerprint density at radius 3 is 2.38 bits per heavy atom. The monoisotopic (exact) mass is 329 g/mol. The fraction of sp³-hybridized carbons (Fsp3) is 0. The summed E-state index contributed by atoms with van der Waals surface area (Å²) >= 11 is 6.23. The van der Waals surface area contributed by atoms with Crippen molar-refractivity contribution in [2.45, 2.75) is 0 Å². The molecule has 0 unspecified atom stereocenters. The molecule has 0 saturated carbocycles. The third-order valence-electron chi connectivity index (χ3n) is 4.45. The third kappa shape index (κ3) is 1.93. The number of benzene rings is 4. The average molecular weight is 330 g/mol. The highest BCUT2D eigenvalue weighted by molar-refractivity contribution is 6.32. The normalized spacial score (nSPS) is 11.5. The van der Waals surface area contributed by atoms with Gasteiger partial charge in [-0.3, -0.25) is 0 Å². The van der Waals surface area contributed by atoms with Crippen LogP contribution < -0.4 is 0 Å². The van der Waals surface area contributed by atoms with Crippen molar-refractivity contribution < 1.29 is 4.52 Å². The van der Waals surface area contributed by atoms with Gasteiger partial charge in [0.25, 0.3) is 0 Å². The van der Waals surface area contributed by atoms with Gasteiger partial charge in [-0.25, -0.2) is 0 Å². The molecule has 1 aromatic heterocycles. The molecule has 5 rings (SSSR count). The van der Waals surface area contributed by atoms with Crippen LogP contribution in [0.25, 0.3) is 43.8 Å². The minimum absolute atomic E-state index is 0.717. The molecule has 114 valence electrons. The summed E-state index contributed by atoms with van der Waals surface area (Å²) in [5.74, 6) is 0. The number of halogens is 1. The minimum Gasteiger partial charge on any atom is -0.355 e. The van der Waals surface area contributed by atoms with Crippen LogP contribution in [0.5, 0.6) is 0 Å². The fourth-order valence-corrected chi connectivity index (χ4v) is 3.48. The van der Waals surface area contributed by atoms with Crippen LogP contribution in [0.1, 0.15) is 0 Å². The molecule has 0 N–H and O–H groups in total. The minimum atomic E-state index is 0.717. The zero-order valence-corrected chi connectivity index (χ0v) is 13.4. The summed E-state index contributed by atoms with van der Waals surface area (Å²) in [5.41, 5.74) is 2.72. The first-order valence-electron chi connectivity index (χ1n) is 7.77. The second-order valence-corrected chi connectivity index (χ2v) is 6.31. The molecule has 0 spiro atoms. The summed E-state index contributed by atoms with van der Waals surface area (Å²) in [7, 11) is 0. The van der Waals surface area contributed by atoms with Crippen molar-refractivity contribution in [1.82, 2.24) is 5.16 Å². The lowest BCUT2D eigenvalue weighted by atomic mass is 9.98. The van der Waals surface area contributed by atoms with Gasteiger partial charge in [0.1, 0.15) is 5.69 Å². The van der Waals surface area contributed by atoms with Gasteiger partial charge in [0, 0.05) is 16.0 Å². The maximum absolute atomic E-state index is 6.23. The first-order chi connectivity index (χ1) is 11.8. The molecule has 0 radical (unpaired) electrons. The van der Waals surface area contributed by atoms with Gasteiger partial charge in [-0.2, -0.15) is 0 Å². The van der Waals surface area contributed by atoms with Crippen LogP contribution in [0.4, 0.5) is 0 Å². The van der Waals surface area contributed by atoms with Gasteiger partial charge in [-0.1, -0.05) is 71.4 Å². The highest BCUT2D eigenvalue weighted by Crippen LogP contribution is 2.37. The van der Waals surface area contributed by atoms with E-state index in [1.54, 1.807) is 0 Å². The molecule has 0 atom stereocenters. The number of rotatable bonds is 1. The molecule has 24 heavy (non-hydrogen) atoms. The molecular weight excluding hydrogens is 318 g/mol. The summed E-state index contributed by atoms with van der Waals surface area (Å²) in [6, 6.07) is 24.4. The lowest BCUT2D eigenvalue weighted by Crippen LogP contribution is -1.80. The maximum atomic E-state index is 6.23. The van der Waals surface area contributed by atoms with Crippen LogP contribution in [0.3, 0.4) is 0 Å². The molecule has 3 heteroatoms. The van der Waals surface area contributed by atoms with Crippen LogP contribution in [0.15, 0.2) is 77.3 Å². The van der Waals surface area contributed by atoms with Crippen LogP contribution in [0.2, 0.25) is 5.02 Å². The van der Waals surface area contributed by atoms with E-state index in [2.05, 4.69) is 29.4 Å². The average Bonchev–Trinajstić information content (AvgIpc) is 3.06. The van der Waals surface area contributed by atoms with Gasteiger partial charge in [-0.15, -0.1) is 0 Å². The van der Waals surface area contributed by atoms with Gasteiger partial charge in [0.2, 0.25) is 0 Å². The molecule has 0 amide bonds. The second-order valence-electron chi connectivity index (χ2n) is 5.87. The molecule has 0 fully saturated rings. The van der Waals surface area contributed by atoms with Crippen LogP contribution in [-0.2, 0) is 0 Å². The third-order valence-corrected chi connectivity index (χ3v) is 4.68. The molecule has 0 aliphatic carbocycles. The Morgan fingerprint density at radius 2 is 1.50 bits per heavy atom. The number of fused-ring (bicyclic) bond motifs is 5. The van der Waals surface area contributed by atoms with E-state index < -0.39 is 0 Å². The Kier molecular flexibility index (Phi) is 2.88. The summed E-state index contributed by atoms with van der Waals surface area (Å²) in [5, 5.41) is 10.5. The number of hydrogen-bond donors (Lipinski definition) is 0. The smallest absolute Gasteiger partial charge is 0.175 e. The highest BCUT2D eigenvalue weighted by atomic mass is 35.5. The van der Waals surface area contributed by atoms with Crippen molar-refractivity contribution >= 4 is 44.1 Å². The predicted molar refractivity (Wildman–Crippen MR) is 99.5 cm³/mol. The van der Waals surface area contributed by atoms with Gasteiger partial charge in [0.15, 0.2) is 5.58 Å². The largest absolute Gasteiger partial charge is 0.355 e. The summed E-state index contributed by atoms with van der Waals surface area (Å²) in [4.78, 5) is 0. The van der Waals surface area contributed by atoms with E-state index in [-0.39, 0.29) is 0 Å². The molecule has 1 heterocycles. The van der Waals surface area contributed by atoms with E-state index in [1.165, 1.54) is 0 Å². The Bertz CT molecular complexity index is 1210. The number of hydrogen-bond acceptors (Lipinski definition) is 2. The van der Waals surface area contributed by atoms with Crippen molar-refractivity contribution in [3.8, 4) is 11.3 Å². The van der Waals surface area contributed by atoms with E-state index in [0.717, 1.165) is 48.8 Å². The van der Waals surface area contributed by atoms with Crippen molar-refractivity contribution in [1.29, 1.82) is 0 Å². The molecule has 2 nitrogen and oxygen atoms in total.